The van der Waals surface area contributed by atoms with E-state index in [1.165, 1.54) is 35.5 Å². The Labute approximate surface area is 95.6 Å². The molecule has 8 nitrogen and oxygen atoms in total. The summed E-state index contributed by atoms with van der Waals surface area (Å²) >= 11 is 0. The maximum Gasteiger partial charge on any atom is 0.277 e. The molecule has 88 valence electrons. The summed E-state index contributed by atoms with van der Waals surface area (Å²) < 4.78 is 1.31. The third-order valence-electron chi connectivity index (χ3n) is 2.12. The van der Waals surface area contributed by atoms with Gasteiger partial charge in [0.2, 0.25) is 0 Å². The lowest BCUT2D eigenvalue weighted by Crippen LogP contribution is -2.20. The van der Waals surface area contributed by atoms with Crippen LogP contribution in [0.15, 0.2) is 36.9 Å². The zero-order valence-corrected chi connectivity index (χ0v) is 8.59. The Morgan fingerprint density at radius 1 is 1.35 bits per heavy atom. The van der Waals surface area contributed by atoms with Crippen molar-refractivity contribution in [1.29, 1.82) is 0 Å². The maximum atomic E-state index is 10.8. The van der Waals surface area contributed by atoms with Gasteiger partial charge >= 0.3 is 0 Å². The predicted molar refractivity (Wildman–Crippen MR) is 57.4 cm³/mol. The van der Waals surface area contributed by atoms with Crippen molar-refractivity contribution in [2.45, 2.75) is 6.23 Å². The standard InChI is InChI=1S/C9H9N5O3/c15-9(12-13-5-10-11-6-13)7-3-1-2-4-8(7)14(16)17/h1-6,9,12,15H. The van der Waals surface area contributed by atoms with E-state index in [-0.39, 0.29) is 11.3 Å². The summed E-state index contributed by atoms with van der Waals surface area (Å²) in [6, 6.07) is 5.94. The van der Waals surface area contributed by atoms with Gasteiger partial charge in [0.05, 0.1) is 10.5 Å². The molecule has 8 heteroatoms. The van der Waals surface area contributed by atoms with E-state index in [4.69, 9.17) is 0 Å². The Morgan fingerprint density at radius 2 is 2.00 bits per heavy atom. The highest BCUT2D eigenvalue weighted by molar-refractivity contribution is 5.41. The van der Waals surface area contributed by atoms with Crippen LogP contribution in [0.25, 0.3) is 0 Å². The van der Waals surface area contributed by atoms with Crippen LogP contribution in [0.1, 0.15) is 11.8 Å². The van der Waals surface area contributed by atoms with Gasteiger partial charge in [0.25, 0.3) is 5.69 Å². The number of hydrogen-bond donors (Lipinski definition) is 2. The van der Waals surface area contributed by atoms with Crippen molar-refractivity contribution in [2.24, 2.45) is 0 Å². The molecule has 0 radical (unpaired) electrons. The van der Waals surface area contributed by atoms with Crippen LogP contribution in [0.5, 0.6) is 0 Å². The molecule has 0 fully saturated rings. The Hall–Kier alpha value is -2.48. The lowest BCUT2D eigenvalue weighted by molar-refractivity contribution is -0.386. The largest absolute Gasteiger partial charge is 0.368 e. The molecule has 0 amide bonds. The number of para-hydroxylation sites is 1. The lowest BCUT2D eigenvalue weighted by Gasteiger charge is -2.13. The fourth-order valence-electron chi connectivity index (χ4n) is 1.36. The number of rotatable bonds is 4. The summed E-state index contributed by atoms with van der Waals surface area (Å²) in [5.41, 5.74) is 2.60. The molecule has 0 saturated heterocycles. The highest BCUT2D eigenvalue weighted by Gasteiger charge is 2.19. The van der Waals surface area contributed by atoms with Crippen LogP contribution in [0.2, 0.25) is 0 Å². The van der Waals surface area contributed by atoms with E-state index < -0.39 is 11.2 Å². The Balaban J connectivity index is 2.24. The maximum absolute atomic E-state index is 10.8. The van der Waals surface area contributed by atoms with Crippen molar-refractivity contribution in [3.63, 3.8) is 0 Å². The van der Waals surface area contributed by atoms with Gasteiger partial charge in [-0.2, -0.15) is 0 Å². The zero-order valence-electron chi connectivity index (χ0n) is 8.59. The smallest absolute Gasteiger partial charge is 0.277 e. The summed E-state index contributed by atoms with van der Waals surface area (Å²) in [6.07, 6.45) is 1.45. The molecule has 0 aliphatic carbocycles. The number of nitrogens with zero attached hydrogens (tertiary/aromatic N) is 4. The highest BCUT2D eigenvalue weighted by Crippen LogP contribution is 2.23. The predicted octanol–water partition coefficient (Wildman–Crippen LogP) is 0.421. The van der Waals surface area contributed by atoms with Crippen molar-refractivity contribution in [1.82, 2.24) is 14.9 Å². The molecule has 2 aromatic rings. The molecular weight excluding hydrogens is 226 g/mol. The molecule has 0 bridgehead atoms. The number of aliphatic hydroxyl groups is 1. The highest BCUT2D eigenvalue weighted by atomic mass is 16.6. The molecule has 1 heterocycles. The molecule has 2 rings (SSSR count). The fraction of sp³-hybridized carbons (Fsp3) is 0.111. The van der Waals surface area contributed by atoms with Crippen molar-refractivity contribution < 1.29 is 10.0 Å². The first-order valence-corrected chi connectivity index (χ1v) is 4.71. The van der Waals surface area contributed by atoms with Gasteiger partial charge < -0.3 is 5.11 Å². The summed E-state index contributed by atoms with van der Waals surface area (Å²) in [4.78, 5) is 10.2. The molecule has 1 atom stereocenters. The second-order valence-electron chi connectivity index (χ2n) is 3.22. The quantitative estimate of drug-likeness (QED) is 0.452. The molecule has 0 aliphatic heterocycles. The summed E-state index contributed by atoms with van der Waals surface area (Å²) in [7, 11) is 0. The van der Waals surface area contributed by atoms with Crippen LogP contribution < -0.4 is 5.43 Å². The van der Waals surface area contributed by atoms with Gasteiger partial charge in [-0.15, -0.1) is 10.2 Å². The van der Waals surface area contributed by atoms with Crippen LogP contribution in [-0.4, -0.2) is 24.9 Å². The summed E-state index contributed by atoms with van der Waals surface area (Å²) in [5.74, 6) is 0. The van der Waals surface area contributed by atoms with Crippen molar-refractivity contribution >= 4 is 5.69 Å². The normalized spacial score (nSPS) is 12.1. The number of aromatic nitrogens is 3. The molecule has 1 unspecified atom stereocenters. The van der Waals surface area contributed by atoms with Crippen molar-refractivity contribution in [3.05, 3.63) is 52.6 Å². The second-order valence-corrected chi connectivity index (χ2v) is 3.22. The summed E-state index contributed by atoms with van der Waals surface area (Å²) in [6.45, 7) is 0. The molecule has 0 saturated carbocycles. The van der Waals surface area contributed by atoms with E-state index in [2.05, 4.69) is 15.6 Å². The molecule has 0 spiro atoms. The van der Waals surface area contributed by atoms with Gasteiger partial charge in [-0.25, -0.2) is 4.68 Å². The number of nitro benzene ring substituents is 1. The second kappa shape index (κ2) is 4.58. The van der Waals surface area contributed by atoms with Gasteiger partial charge in [0.1, 0.15) is 12.7 Å². The third-order valence-corrected chi connectivity index (χ3v) is 2.12. The van der Waals surface area contributed by atoms with E-state index in [1.807, 2.05) is 0 Å². The van der Waals surface area contributed by atoms with E-state index >= 15 is 0 Å². The van der Waals surface area contributed by atoms with Gasteiger partial charge in [-0.3, -0.25) is 15.5 Å². The van der Waals surface area contributed by atoms with E-state index in [1.54, 1.807) is 6.07 Å². The van der Waals surface area contributed by atoms with Crippen molar-refractivity contribution in [2.75, 3.05) is 5.43 Å². The minimum atomic E-state index is -1.22. The van der Waals surface area contributed by atoms with Gasteiger partial charge in [0, 0.05) is 6.07 Å². The van der Waals surface area contributed by atoms with Gasteiger partial charge in [0.15, 0.2) is 6.23 Å². The molecular formula is C9H9N5O3. The third kappa shape index (κ3) is 2.37. The first-order valence-electron chi connectivity index (χ1n) is 4.71. The van der Waals surface area contributed by atoms with Crippen LogP contribution in [0, 0.1) is 10.1 Å². The Morgan fingerprint density at radius 3 is 2.65 bits per heavy atom. The van der Waals surface area contributed by atoms with E-state index in [9.17, 15) is 15.2 Å². The van der Waals surface area contributed by atoms with Gasteiger partial charge in [-0.05, 0) is 6.07 Å². The van der Waals surface area contributed by atoms with Crippen LogP contribution in [-0.2, 0) is 0 Å². The first-order chi connectivity index (χ1) is 8.18. The van der Waals surface area contributed by atoms with E-state index in [0.29, 0.717) is 0 Å². The number of nitro groups is 1. The van der Waals surface area contributed by atoms with Crippen molar-refractivity contribution in [3.8, 4) is 0 Å². The number of benzene rings is 1. The number of hydrogen-bond acceptors (Lipinski definition) is 6. The van der Waals surface area contributed by atoms with Crippen LogP contribution in [0.4, 0.5) is 5.69 Å². The first kappa shape index (κ1) is 11.0. The zero-order chi connectivity index (χ0) is 12.3. The minimum absolute atomic E-state index is 0.152. The van der Waals surface area contributed by atoms with Gasteiger partial charge in [-0.1, -0.05) is 12.1 Å². The molecule has 0 aliphatic rings. The van der Waals surface area contributed by atoms with Crippen LogP contribution in [0.3, 0.4) is 0 Å². The fourth-order valence-corrected chi connectivity index (χ4v) is 1.36. The number of nitrogens with one attached hydrogen (secondary N) is 1. The number of aliphatic hydroxyl groups excluding tert-OH is 1. The van der Waals surface area contributed by atoms with E-state index in [0.717, 1.165) is 0 Å². The lowest BCUT2D eigenvalue weighted by atomic mass is 10.1. The van der Waals surface area contributed by atoms with Crippen LogP contribution >= 0.6 is 0 Å². The minimum Gasteiger partial charge on any atom is -0.368 e. The monoisotopic (exact) mass is 235 g/mol. The summed E-state index contributed by atoms with van der Waals surface area (Å²) in [5, 5.41) is 27.7. The Bertz CT molecular complexity index is 513. The average Bonchev–Trinajstić information content (AvgIpc) is 2.81. The molecule has 2 N–H and O–H groups in total. The molecule has 1 aromatic carbocycles. The topological polar surface area (TPSA) is 106 Å². The molecule has 17 heavy (non-hydrogen) atoms. The average molecular weight is 235 g/mol. The Kier molecular flexibility index (Phi) is 2.97. The SMILES string of the molecule is O=[N+]([O-])c1ccccc1C(O)Nn1cnnc1. The molecule has 1 aromatic heterocycles.